The molecule has 1 aromatic carbocycles. The molecule has 0 radical (unpaired) electrons. The first-order chi connectivity index (χ1) is 11.9. The lowest BCUT2D eigenvalue weighted by Crippen LogP contribution is -1.98. The van der Waals surface area contributed by atoms with Crippen molar-refractivity contribution in [1.82, 2.24) is 0 Å². The summed E-state index contributed by atoms with van der Waals surface area (Å²) in [6.07, 6.45) is 16.6. The van der Waals surface area contributed by atoms with Gasteiger partial charge in [0.1, 0.15) is 0 Å². The summed E-state index contributed by atoms with van der Waals surface area (Å²) in [6, 6.07) is 3.60. The molecule has 2 heteroatoms. The van der Waals surface area contributed by atoms with Gasteiger partial charge in [0.15, 0.2) is 11.5 Å². The van der Waals surface area contributed by atoms with Crippen LogP contribution >= 0.6 is 0 Å². The fourth-order valence-corrected chi connectivity index (χ4v) is 3.97. The molecule has 140 valence electrons. The summed E-state index contributed by atoms with van der Waals surface area (Å²) in [6.45, 7) is 4.80. The third kappa shape index (κ3) is 5.66. The molecule has 0 unspecified atom stereocenters. The molecule has 0 aliphatic heterocycles. The molecule has 2 N–H and O–H groups in total. The fraction of sp³-hybridized carbons (Fsp3) is 0.739. The molecule has 0 heterocycles. The van der Waals surface area contributed by atoms with Crippen LogP contribution in [-0.2, 0) is 12.8 Å². The van der Waals surface area contributed by atoms with Gasteiger partial charge in [-0.05, 0) is 98.3 Å². The lowest BCUT2D eigenvalue weighted by molar-refractivity contribution is 0.402. The normalized spacial score (nSPS) is 19.8. The average molecular weight is 345 g/mol. The molecule has 2 aliphatic rings. The summed E-state index contributed by atoms with van der Waals surface area (Å²) in [7, 11) is 0. The number of phenols is 2. The van der Waals surface area contributed by atoms with Crippen LogP contribution in [0.3, 0.4) is 0 Å². The van der Waals surface area contributed by atoms with Gasteiger partial charge in [0.25, 0.3) is 0 Å². The Hall–Kier alpha value is -1.18. The highest BCUT2D eigenvalue weighted by atomic mass is 16.3. The van der Waals surface area contributed by atoms with E-state index in [0.717, 1.165) is 12.8 Å². The molecule has 25 heavy (non-hydrogen) atoms. The van der Waals surface area contributed by atoms with Crippen LogP contribution in [0.5, 0.6) is 11.5 Å². The Morgan fingerprint density at radius 2 is 1.08 bits per heavy atom. The van der Waals surface area contributed by atoms with Crippen LogP contribution < -0.4 is 0 Å². The zero-order chi connectivity index (χ0) is 17.9. The zero-order valence-electron chi connectivity index (χ0n) is 16.2. The first kappa shape index (κ1) is 18.6. The fourth-order valence-electron chi connectivity index (χ4n) is 3.97. The van der Waals surface area contributed by atoms with Gasteiger partial charge in [-0.2, -0.15) is 0 Å². The minimum absolute atomic E-state index is 0.0366. The number of phenolic OH excluding ortho intramolecular Hbond substituents is 2. The minimum atomic E-state index is 0.0366. The van der Waals surface area contributed by atoms with Gasteiger partial charge in [0.2, 0.25) is 0 Å². The highest BCUT2D eigenvalue weighted by molar-refractivity contribution is 5.45. The van der Waals surface area contributed by atoms with Crippen molar-refractivity contribution in [3.8, 4) is 11.5 Å². The van der Waals surface area contributed by atoms with E-state index in [0.29, 0.717) is 10.8 Å². The topological polar surface area (TPSA) is 40.5 Å². The third-order valence-corrected chi connectivity index (χ3v) is 6.71. The SMILES string of the molecule is CC1(CCCCCc2cc(O)c(O)cc2CCCCC2(C)CC2)CC1. The van der Waals surface area contributed by atoms with E-state index in [-0.39, 0.29) is 11.5 Å². The van der Waals surface area contributed by atoms with E-state index in [4.69, 9.17) is 0 Å². The van der Waals surface area contributed by atoms with Crippen molar-refractivity contribution < 1.29 is 10.2 Å². The molecular weight excluding hydrogens is 308 g/mol. The highest BCUT2D eigenvalue weighted by Crippen LogP contribution is 2.49. The van der Waals surface area contributed by atoms with Crippen LogP contribution in [0, 0.1) is 10.8 Å². The number of benzene rings is 1. The minimum Gasteiger partial charge on any atom is -0.504 e. The largest absolute Gasteiger partial charge is 0.504 e. The molecule has 2 fully saturated rings. The van der Waals surface area contributed by atoms with Crippen molar-refractivity contribution in [3.05, 3.63) is 23.3 Å². The van der Waals surface area contributed by atoms with Gasteiger partial charge in [-0.15, -0.1) is 0 Å². The van der Waals surface area contributed by atoms with Crippen LogP contribution in [0.15, 0.2) is 12.1 Å². The van der Waals surface area contributed by atoms with Crippen LogP contribution in [-0.4, -0.2) is 10.2 Å². The first-order valence-electron chi connectivity index (χ1n) is 10.4. The maximum Gasteiger partial charge on any atom is 0.157 e. The summed E-state index contributed by atoms with van der Waals surface area (Å²) in [5.74, 6) is 0.0734. The van der Waals surface area contributed by atoms with Gasteiger partial charge < -0.3 is 10.2 Å². The molecule has 0 bridgehead atoms. The van der Waals surface area contributed by atoms with Gasteiger partial charge in [-0.3, -0.25) is 0 Å². The molecule has 2 nitrogen and oxygen atoms in total. The molecule has 0 spiro atoms. The Labute approximate surface area is 153 Å². The number of hydrogen-bond acceptors (Lipinski definition) is 2. The van der Waals surface area contributed by atoms with Crippen molar-refractivity contribution in [2.24, 2.45) is 10.8 Å². The van der Waals surface area contributed by atoms with Crippen molar-refractivity contribution in [3.63, 3.8) is 0 Å². The Morgan fingerprint density at radius 1 is 0.680 bits per heavy atom. The van der Waals surface area contributed by atoms with Gasteiger partial charge in [-0.1, -0.05) is 33.1 Å². The van der Waals surface area contributed by atoms with E-state index in [1.54, 1.807) is 12.1 Å². The lowest BCUT2D eigenvalue weighted by atomic mass is 9.93. The Kier molecular flexibility index (Phi) is 5.65. The molecular formula is C23H36O2. The third-order valence-electron chi connectivity index (χ3n) is 6.71. The molecule has 2 aliphatic carbocycles. The monoisotopic (exact) mass is 344 g/mol. The molecule has 0 atom stereocenters. The van der Waals surface area contributed by atoms with Crippen molar-refractivity contribution in [2.75, 3.05) is 0 Å². The Bertz CT molecular complexity index is 582. The molecule has 0 aromatic heterocycles. The van der Waals surface area contributed by atoms with Crippen molar-refractivity contribution in [2.45, 2.75) is 97.3 Å². The van der Waals surface area contributed by atoms with E-state index in [1.165, 1.54) is 81.8 Å². The van der Waals surface area contributed by atoms with Crippen LogP contribution in [0.1, 0.15) is 95.6 Å². The standard InChI is InChI=1S/C23H36O2/c1-22(12-13-22)10-6-3-4-8-18-16-20(24)21(25)17-19(18)9-5-7-11-23(2)14-15-23/h16-17,24-25H,3-15H2,1-2H3. The van der Waals surface area contributed by atoms with Crippen molar-refractivity contribution in [1.29, 1.82) is 0 Å². The summed E-state index contributed by atoms with van der Waals surface area (Å²) in [5.41, 5.74) is 3.79. The second kappa shape index (κ2) is 7.60. The lowest BCUT2D eigenvalue weighted by Gasteiger charge is -2.13. The molecule has 0 saturated heterocycles. The van der Waals surface area contributed by atoms with E-state index < -0.39 is 0 Å². The van der Waals surface area contributed by atoms with Crippen LogP contribution in [0.2, 0.25) is 0 Å². The van der Waals surface area contributed by atoms with E-state index in [2.05, 4.69) is 13.8 Å². The van der Waals surface area contributed by atoms with E-state index in [9.17, 15) is 10.2 Å². The Balaban J connectivity index is 1.45. The smallest absolute Gasteiger partial charge is 0.157 e. The zero-order valence-corrected chi connectivity index (χ0v) is 16.2. The number of rotatable bonds is 11. The van der Waals surface area contributed by atoms with E-state index >= 15 is 0 Å². The molecule has 0 amide bonds. The predicted octanol–water partition coefficient (Wildman–Crippen LogP) is 6.51. The first-order valence-corrected chi connectivity index (χ1v) is 10.4. The summed E-state index contributed by atoms with van der Waals surface area (Å²) in [4.78, 5) is 0. The van der Waals surface area contributed by atoms with E-state index in [1.807, 2.05) is 0 Å². The summed E-state index contributed by atoms with van der Waals surface area (Å²) in [5, 5.41) is 19.8. The molecule has 2 saturated carbocycles. The molecule has 1 aromatic rings. The van der Waals surface area contributed by atoms with Gasteiger partial charge >= 0.3 is 0 Å². The average Bonchev–Trinajstić information content (AvgIpc) is 3.48. The van der Waals surface area contributed by atoms with Crippen molar-refractivity contribution >= 4 is 0 Å². The summed E-state index contributed by atoms with van der Waals surface area (Å²) >= 11 is 0. The summed E-state index contributed by atoms with van der Waals surface area (Å²) < 4.78 is 0. The highest BCUT2D eigenvalue weighted by Gasteiger charge is 2.36. The predicted molar refractivity (Wildman–Crippen MR) is 104 cm³/mol. The number of hydrogen-bond donors (Lipinski definition) is 2. The van der Waals surface area contributed by atoms with Gasteiger partial charge in [0.05, 0.1) is 0 Å². The number of unbranched alkanes of at least 4 members (excludes halogenated alkanes) is 3. The van der Waals surface area contributed by atoms with Crippen LogP contribution in [0.4, 0.5) is 0 Å². The van der Waals surface area contributed by atoms with Crippen LogP contribution in [0.25, 0.3) is 0 Å². The quantitative estimate of drug-likeness (QED) is 0.354. The van der Waals surface area contributed by atoms with Gasteiger partial charge in [-0.25, -0.2) is 0 Å². The second-order valence-electron chi connectivity index (χ2n) is 9.50. The maximum atomic E-state index is 9.88. The van der Waals surface area contributed by atoms with Gasteiger partial charge in [0, 0.05) is 0 Å². The Morgan fingerprint density at radius 3 is 1.52 bits per heavy atom. The molecule has 3 rings (SSSR count). The number of aromatic hydroxyl groups is 2. The number of aryl methyl sites for hydroxylation is 2. The second-order valence-corrected chi connectivity index (χ2v) is 9.50. The maximum absolute atomic E-state index is 9.88.